The first-order valence-corrected chi connectivity index (χ1v) is 7.77. The van der Waals surface area contributed by atoms with Gasteiger partial charge in [0.05, 0.1) is 16.5 Å². The van der Waals surface area contributed by atoms with Crippen molar-refractivity contribution in [3.63, 3.8) is 0 Å². The van der Waals surface area contributed by atoms with Gasteiger partial charge in [-0.25, -0.2) is 8.42 Å². The Kier molecular flexibility index (Phi) is 4.26. The molecular formula is C15H15N3O2S. The van der Waals surface area contributed by atoms with Crippen LogP contribution in [-0.4, -0.2) is 8.42 Å². The largest absolute Gasteiger partial charge is 0.326 e. The minimum absolute atomic E-state index is 0.122. The molecule has 0 saturated carbocycles. The zero-order chi connectivity index (χ0) is 15.5. The van der Waals surface area contributed by atoms with Crippen LogP contribution in [0.4, 0.5) is 5.69 Å². The summed E-state index contributed by atoms with van der Waals surface area (Å²) in [5, 5.41) is 8.88. The standard InChI is InChI=1S/C15H15N3O2S/c1-11-7-15(6-5-13(11)10-17)21(19,20)18-14-4-2-3-12(8-14)9-16/h2-8,18H,9,16H2,1H3. The van der Waals surface area contributed by atoms with Crippen LogP contribution >= 0.6 is 0 Å². The molecule has 0 aliphatic carbocycles. The first-order chi connectivity index (χ1) is 9.96. The normalized spacial score (nSPS) is 10.9. The number of nitrogens with zero attached hydrogens (tertiary/aromatic N) is 1. The summed E-state index contributed by atoms with van der Waals surface area (Å²) in [6, 6.07) is 13.3. The maximum absolute atomic E-state index is 12.3. The maximum atomic E-state index is 12.3. The van der Waals surface area contributed by atoms with Crippen LogP contribution in [0, 0.1) is 18.3 Å². The van der Waals surface area contributed by atoms with E-state index in [-0.39, 0.29) is 4.90 Å². The molecule has 2 aromatic carbocycles. The van der Waals surface area contributed by atoms with E-state index in [0.717, 1.165) is 5.56 Å². The molecule has 0 aliphatic rings. The zero-order valence-corrected chi connectivity index (χ0v) is 12.3. The van der Waals surface area contributed by atoms with Crippen LogP contribution in [0.1, 0.15) is 16.7 Å². The number of nitriles is 1. The topological polar surface area (TPSA) is 96.0 Å². The van der Waals surface area contributed by atoms with Crippen molar-refractivity contribution in [1.29, 1.82) is 5.26 Å². The van der Waals surface area contributed by atoms with E-state index in [0.29, 0.717) is 23.4 Å². The fraction of sp³-hybridized carbons (Fsp3) is 0.133. The van der Waals surface area contributed by atoms with Crippen LogP contribution in [0.5, 0.6) is 0 Å². The number of nitrogens with two attached hydrogens (primary N) is 1. The molecule has 0 spiro atoms. The first kappa shape index (κ1) is 15.0. The number of aryl methyl sites for hydroxylation is 1. The zero-order valence-electron chi connectivity index (χ0n) is 11.5. The molecule has 0 bridgehead atoms. The summed E-state index contributed by atoms with van der Waals surface area (Å²) in [5.41, 5.74) is 7.91. The average molecular weight is 301 g/mol. The predicted molar refractivity (Wildman–Crippen MR) is 81.0 cm³/mol. The number of nitrogens with one attached hydrogen (secondary N) is 1. The molecule has 2 aromatic rings. The van der Waals surface area contributed by atoms with E-state index in [2.05, 4.69) is 4.72 Å². The van der Waals surface area contributed by atoms with Crippen LogP contribution in [0.2, 0.25) is 0 Å². The smallest absolute Gasteiger partial charge is 0.261 e. The van der Waals surface area contributed by atoms with Crippen molar-refractivity contribution < 1.29 is 8.42 Å². The highest BCUT2D eigenvalue weighted by atomic mass is 32.2. The molecule has 0 aliphatic heterocycles. The lowest BCUT2D eigenvalue weighted by atomic mass is 10.1. The molecule has 2 rings (SSSR count). The quantitative estimate of drug-likeness (QED) is 0.904. The Bertz CT molecular complexity index is 808. The van der Waals surface area contributed by atoms with Crippen molar-refractivity contribution in [3.05, 3.63) is 59.2 Å². The van der Waals surface area contributed by atoms with Gasteiger partial charge in [-0.15, -0.1) is 0 Å². The molecular weight excluding hydrogens is 286 g/mol. The van der Waals surface area contributed by atoms with E-state index in [4.69, 9.17) is 11.0 Å². The maximum Gasteiger partial charge on any atom is 0.261 e. The number of hydrogen-bond acceptors (Lipinski definition) is 4. The third-order valence-corrected chi connectivity index (χ3v) is 4.42. The van der Waals surface area contributed by atoms with Gasteiger partial charge in [-0.2, -0.15) is 5.26 Å². The molecule has 0 fully saturated rings. The van der Waals surface area contributed by atoms with Gasteiger partial charge in [-0.05, 0) is 48.4 Å². The van der Waals surface area contributed by atoms with Crippen molar-refractivity contribution in [2.24, 2.45) is 5.73 Å². The highest BCUT2D eigenvalue weighted by Gasteiger charge is 2.15. The van der Waals surface area contributed by atoms with Gasteiger partial charge < -0.3 is 5.73 Å². The molecule has 0 saturated heterocycles. The van der Waals surface area contributed by atoms with Gasteiger partial charge in [0.15, 0.2) is 0 Å². The number of sulfonamides is 1. The summed E-state index contributed by atoms with van der Waals surface area (Å²) in [4.78, 5) is 0.122. The Hall–Kier alpha value is -2.36. The van der Waals surface area contributed by atoms with Crippen molar-refractivity contribution >= 4 is 15.7 Å². The minimum atomic E-state index is -3.69. The average Bonchev–Trinajstić information content (AvgIpc) is 2.47. The van der Waals surface area contributed by atoms with Crippen molar-refractivity contribution in [2.45, 2.75) is 18.4 Å². The number of hydrogen-bond donors (Lipinski definition) is 2. The number of rotatable bonds is 4. The predicted octanol–water partition coefficient (Wildman–Crippen LogP) is 2.13. The third kappa shape index (κ3) is 3.40. The van der Waals surface area contributed by atoms with Crippen LogP contribution in [0.15, 0.2) is 47.4 Å². The molecule has 0 atom stereocenters. The lowest BCUT2D eigenvalue weighted by Crippen LogP contribution is -2.13. The van der Waals surface area contributed by atoms with Crippen LogP contribution in [0.25, 0.3) is 0 Å². The monoisotopic (exact) mass is 301 g/mol. The van der Waals surface area contributed by atoms with Gasteiger partial charge in [0.2, 0.25) is 0 Å². The van der Waals surface area contributed by atoms with E-state index in [1.54, 1.807) is 25.1 Å². The SMILES string of the molecule is Cc1cc(S(=O)(=O)Nc2cccc(CN)c2)ccc1C#N. The van der Waals surface area contributed by atoms with Crippen molar-refractivity contribution in [3.8, 4) is 6.07 Å². The summed E-state index contributed by atoms with van der Waals surface area (Å²) in [6.45, 7) is 2.04. The lowest BCUT2D eigenvalue weighted by molar-refractivity contribution is 0.601. The molecule has 3 N–H and O–H groups in total. The van der Waals surface area contributed by atoms with E-state index in [1.165, 1.54) is 18.2 Å². The van der Waals surface area contributed by atoms with Gasteiger partial charge in [-0.1, -0.05) is 12.1 Å². The van der Waals surface area contributed by atoms with E-state index < -0.39 is 10.0 Å². The number of benzene rings is 2. The Morgan fingerprint density at radius 3 is 2.62 bits per heavy atom. The molecule has 0 unspecified atom stereocenters. The summed E-state index contributed by atoms with van der Waals surface area (Å²) < 4.78 is 27.2. The summed E-state index contributed by atoms with van der Waals surface area (Å²) >= 11 is 0. The fourth-order valence-corrected chi connectivity index (χ4v) is 3.04. The molecule has 0 amide bonds. The summed E-state index contributed by atoms with van der Waals surface area (Å²) in [5.74, 6) is 0. The second kappa shape index (κ2) is 5.95. The fourth-order valence-electron chi connectivity index (χ4n) is 1.90. The highest BCUT2D eigenvalue weighted by Crippen LogP contribution is 2.19. The second-order valence-corrected chi connectivity index (χ2v) is 6.28. The summed E-state index contributed by atoms with van der Waals surface area (Å²) in [7, 11) is -3.69. The van der Waals surface area contributed by atoms with Crippen LogP contribution in [-0.2, 0) is 16.6 Å². The van der Waals surface area contributed by atoms with E-state index in [9.17, 15) is 8.42 Å². The molecule has 6 heteroatoms. The molecule has 5 nitrogen and oxygen atoms in total. The highest BCUT2D eigenvalue weighted by molar-refractivity contribution is 7.92. The molecule has 108 valence electrons. The van der Waals surface area contributed by atoms with Gasteiger partial charge in [0.25, 0.3) is 10.0 Å². The first-order valence-electron chi connectivity index (χ1n) is 6.29. The Morgan fingerprint density at radius 2 is 2.00 bits per heavy atom. The van der Waals surface area contributed by atoms with Gasteiger partial charge in [-0.3, -0.25) is 4.72 Å². The van der Waals surface area contributed by atoms with Gasteiger partial charge >= 0.3 is 0 Å². The van der Waals surface area contributed by atoms with Crippen LogP contribution < -0.4 is 10.5 Å². The van der Waals surface area contributed by atoms with Crippen molar-refractivity contribution in [2.75, 3.05) is 4.72 Å². The molecule has 21 heavy (non-hydrogen) atoms. The van der Waals surface area contributed by atoms with Crippen LogP contribution in [0.3, 0.4) is 0 Å². The molecule has 0 aromatic heterocycles. The van der Waals surface area contributed by atoms with Gasteiger partial charge in [0.1, 0.15) is 0 Å². The summed E-state index contributed by atoms with van der Waals surface area (Å²) in [6.07, 6.45) is 0. The molecule has 0 heterocycles. The molecule has 0 radical (unpaired) electrons. The van der Waals surface area contributed by atoms with E-state index >= 15 is 0 Å². The minimum Gasteiger partial charge on any atom is -0.326 e. The number of anilines is 1. The third-order valence-electron chi connectivity index (χ3n) is 3.04. The Balaban J connectivity index is 2.34. The second-order valence-electron chi connectivity index (χ2n) is 4.60. The van der Waals surface area contributed by atoms with E-state index in [1.807, 2.05) is 12.1 Å². The Morgan fingerprint density at radius 1 is 1.24 bits per heavy atom. The Labute approximate surface area is 124 Å². The van der Waals surface area contributed by atoms with Gasteiger partial charge in [0, 0.05) is 12.2 Å². The lowest BCUT2D eigenvalue weighted by Gasteiger charge is -2.10. The van der Waals surface area contributed by atoms with Crippen molar-refractivity contribution in [1.82, 2.24) is 0 Å².